The highest BCUT2D eigenvalue weighted by Crippen LogP contribution is 2.31. The lowest BCUT2D eigenvalue weighted by Crippen LogP contribution is -2.47. The summed E-state index contributed by atoms with van der Waals surface area (Å²) in [4.78, 5) is 32.0. The summed E-state index contributed by atoms with van der Waals surface area (Å²) in [5, 5.41) is 13.0. The summed E-state index contributed by atoms with van der Waals surface area (Å²) in [5.74, 6) is 1.98. The van der Waals surface area contributed by atoms with E-state index in [1.165, 1.54) is 7.11 Å². The van der Waals surface area contributed by atoms with Gasteiger partial charge < -0.3 is 24.8 Å². The van der Waals surface area contributed by atoms with E-state index < -0.39 is 6.09 Å². The highest BCUT2D eigenvalue weighted by molar-refractivity contribution is 6.35. The minimum atomic E-state index is -0.391. The Kier molecular flexibility index (Phi) is 10.9. The number of nitrogens with zero attached hydrogens (tertiary/aromatic N) is 6. The Morgan fingerprint density at radius 3 is 2.33 bits per heavy atom. The van der Waals surface area contributed by atoms with Crippen LogP contribution in [0, 0.1) is 5.92 Å². The fourth-order valence-corrected chi connectivity index (χ4v) is 5.94. The molecule has 1 amide bonds. The van der Waals surface area contributed by atoms with Crippen LogP contribution >= 0.6 is 23.2 Å². The van der Waals surface area contributed by atoms with Gasteiger partial charge in [0.1, 0.15) is 0 Å². The van der Waals surface area contributed by atoms with Gasteiger partial charge in [-0.15, -0.1) is 0 Å². The number of aliphatic hydroxyl groups is 1. The van der Waals surface area contributed by atoms with Crippen molar-refractivity contribution in [1.82, 2.24) is 30.1 Å². The number of aliphatic hydroxyl groups excluding tert-OH is 1. The second-order valence-electron chi connectivity index (χ2n) is 10.8. The van der Waals surface area contributed by atoms with Gasteiger partial charge in [-0.3, -0.25) is 9.80 Å². The van der Waals surface area contributed by atoms with E-state index in [2.05, 4.69) is 34.7 Å². The van der Waals surface area contributed by atoms with Crippen LogP contribution in [-0.4, -0.2) is 102 Å². The van der Waals surface area contributed by atoms with Crippen LogP contribution in [0.5, 0.6) is 11.6 Å². The number of anilines is 1. The molecular formula is C30H37Cl2N7O4. The third-order valence-corrected chi connectivity index (χ3v) is 8.20. The second kappa shape index (κ2) is 15.0. The number of nitrogens with one attached hydrogen (secondary N) is 1. The van der Waals surface area contributed by atoms with Crippen LogP contribution in [0.25, 0.3) is 11.3 Å². The average molecular weight is 631 g/mol. The van der Waals surface area contributed by atoms with Crippen molar-refractivity contribution in [3.63, 3.8) is 0 Å². The lowest BCUT2D eigenvalue weighted by Gasteiger charge is -2.34. The number of amides is 1. The van der Waals surface area contributed by atoms with Crippen molar-refractivity contribution < 1.29 is 19.4 Å². The molecular weight excluding hydrogens is 593 g/mol. The van der Waals surface area contributed by atoms with Gasteiger partial charge in [0, 0.05) is 67.5 Å². The number of benzene rings is 1. The van der Waals surface area contributed by atoms with E-state index in [1.807, 2.05) is 24.3 Å². The summed E-state index contributed by atoms with van der Waals surface area (Å²) >= 11 is 12.6. The fraction of sp³-hybridized carbons (Fsp3) is 0.467. The van der Waals surface area contributed by atoms with Gasteiger partial charge in [0.15, 0.2) is 5.75 Å². The molecule has 0 spiro atoms. The van der Waals surface area contributed by atoms with Crippen LogP contribution in [0.2, 0.25) is 10.0 Å². The molecule has 1 aromatic carbocycles. The number of alkyl carbamates (subject to hydrolysis) is 1. The summed E-state index contributed by atoms with van der Waals surface area (Å²) in [5.41, 5.74) is 2.54. The number of methoxy groups -OCH3 is 1. The predicted octanol–water partition coefficient (Wildman–Crippen LogP) is 4.32. The summed E-state index contributed by atoms with van der Waals surface area (Å²) < 4.78 is 10.9. The van der Waals surface area contributed by atoms with Crippen LogP contribution in [-0.2, 0) is 11.3 Å². The maximum atomic E-state index is 11.4. The van der Waals surface area contributed by atoms with Crippen molar-refractivity contribution >= 4 is 35.2 Å². The van der Waals surface area contributed by atoms with Gasteiger partial charge in [0.25, 0.3) is 0 Å². The smallest absolute Gasteiger partial charge is 0.406 e. The molecule has 0 radical (unpaired) electrons. The zero-order valence-electron chi connectivity index (χ0n) is 24.2. The molecule has 43 heavy (non-hydrogen) atoms. The first-order chi connectivity index (χ1) is 20.9. The summed E-state index contributed by atoms with van der Waals surface area (Å²) in [6.45, 7) is 7.32. The van der Waals surface area contributed by atoms with Crippen LogP contribution in [0.4, 0.5) is 10.7 Å². The number of carbonyl (C=O) groups is 1. The molecule has 230 valence electrons. The van der Waals surface area contributed by atoms with E-state index in [0.29, 0.717) is 52.3 Å². The van der Waals surface area contributed by atoms with Gasteiger partial charge in [0.2, 0.25) is 11.8 Å². The number of rotatable bonds is 10. The normalized spacial score (nSPS) is 16.7. The van der Waals surface area contributed by atoms with E-state index in [9.17, 15) is 9.90 Å². The minimum absolute atomic E-state index is 0.165. The maximum Gasteiger partial charge on any atom is 0.406 e. The Hall–Kier alpha value is -3.22. The molecule has 2 aromatic heterocycles. The summed E-state index contributed by atoms with van der Waals surface area (Å²) in [7, 11) is 1.38. The Morgan fingerprint density at radius 2 is 1.67 bits per heavy atom. The van der Waals surface area contributed by atoms with E-state index in [-0.39, 0.29) is 6.61 Å². The molecule has 5 rings (SSSR count). The zero-order chi connectivity index (χ0) is 30.2. The van der Waals surface area contributed by atoms with Crippen molar-refractivity contribution in [3.05, 3.63) is 58.3 Å². The van der Waals surface area contributed by atoms with Gasteiger partial charge >= 0.3 is 6.09 Å². The Morgan fingerprint density at radius 1 is 0.977 bits per heavy atom. The Bertz CT molecular complexity index is 1340. The minimum Gasteiger partial charge on any atom is -0.453 e. The average Bonchev–Trinajstić information content (AvgIpc) is 3.01. The second-order valence-corrected chi connectivity index (χ2v) is 11.7. The van der Waals surface area contributed by atoms with Crippen molar-refractivity contribution in [2.45, 2.75) is 19.4 Å². The maximum absolute atomic E-state index is 11.4. The highest BCUT2D eigenvalue weighted by atomic mass is 35.5. The van der Waals surface area contributed by atoms with E-state index in [0.717, 1.165) is 69.8 Å². The molecule has 2 fully saturated rings. The molecule has 0 aliphatic carbocycles. The van der Waals surface area contributed by atoms with Crippen molar-refractivity contribution in [2.24, 2.45) is 5.92 Å². The van der Waals surface area contributed by atoms with E-state index in [4.69, 9.17) is 32.9 Å². The largest absolute Gasteiger partial charge is 0.453 e. The zero-order valence-corrected chi connectivity index (χ0v) is 25.7. The summed E-state index contributed by atoms with van der Waals surface area (Å²) in [6.07, 6.45) is 4.90. The molecule has 2 N–H and O–H groups in total. The molecule has 13 heteroatoms. The molecule has 3 aromatic rings. The van der Waals surface area contributed by atoms with Crippen LogP contribution < -0.4 is 15.0 Å². The van der Waals surface area contributed by atoms with E-state index >= 15 is 0 Å². The fourth-order valence-electron chi connectivity index (χ4n) is 5.42. The molecule has 0 unspecified atom stereocenters. The molecule has 11 nitrogen and oxygen atoms in total. The number of piperidine rings is 1. The van der Waals surface area contributed by atoms with Gasteiger partial charge in [-0.1, -0.05) is 23.2 Å². The number of halogens is 2. The third-order valence-electron chi connectivity index (χ3n) is 7.76. The quantitative estimate of drug-likeness (QED) is 0.336. The molecule has 0 bridgehead atoms. The molecule has 2 aliphatic heterocycles. The number of hydrogen-bond donors (Lipinski definition) is 2. The van der Waals surface area contributed by atoms with Crippen LogP contribution in [0.3, 0.4) is 0 Å². The third kappa shape index (κ3) is 8.90. The number of ether oxygens (including phenoxy) is 2. The lowest BCUT2D eigenvalue weighted by molar-refractivity contribution is 0.155. The van der Waals surface area contributed by atoms with Crippen molar-refractivity contribution in [2.75, 3.05) is 71.0 Å². The first kappa shape index (κ1) is 31.2. The van der Waals surface area contributed by atoms with Gasteiger partial charge in [-0.25, -0.2) is 19.7 Å². The first-order valence-corrected chi connectivity index (χ1v) is 15.2. The number of aromatic nitrogens is 3. The predicted molar refractivity (Wildman–Crippen MR) is 166 cm³/mol. The Balaban J connectivity index is 1.28. The number of β-amino-alcohol motifs (C(OH)–C–C–N with tert-alkyl or cyclic N) is 1. The first-order valence-electron chi connectivity index (χ1n) is 14.5. The van der Waals surface area contributed by atoms with Gasteiger partial charge in [-0.2, -0.15) is 0 Å². The van der Waals surface area contributed by atoms with Gasteiger partial charge in [-0.05, 0) is 61.7 Å². The lowest BCUT2D eigenvalue weighted by atomic mass is 9.96. The molecule has 2 saturated heterocycles. The highest BCUT2D eigenvalue weighted by Gasteiger charge is 2.21. The SMILES string of the molecule is COC(=O)NCC1CCN(Cc2cc(Oc3cnc(N4CCN(CCO)CC4)nc3)nc(-c3cc(Cl)cc(Cl)c3)c2)CC1. The van der Waals surface area contributed by atoms with E-state index in [1.54, 1.807) is 18.5 Å². The number of likely N-dealkylation sites (tertiary alicyclic amines) is 1. The molecule has 4 heterocycles. The van der Waals surface area contributed by atoms with Gasteiger partial charge in [0.05, 0.1) is 31.8 Å². The number of pyridine rings is 1. The molecule has 0 saturated carbocycles. The standard InChI is InChI=1S/C30H37Cl2N7O4/c1-42-30(41)35-17-21-2-4-38(5-3-21)20-22-12-27(23-14-24(31)16-25(32)15-23)36-28(13-22)43-26-18-33-29(34-19-26)39-8-6-37(7-9-39)10-11-40/h12-16,18-19,21,40H,2-11,17,20H2,1H3,(H,35,41). The van der Waals surface area contributed by atoms with Crippen molar-refractivity contribution in [3.8, 4) is 22.9 Å². The molecule has 0 atom stereocenters. The number of carbonyl (C=O) groups excluding carboxylic acids is 1. The molecule has 2 aliphatic rings. The number of hydrogen-bond acceptors (Lipinski definition) is 10. The Labute approximate surface area is 261 Å². The number of piperazine rings is 1. The van der Waals surface area contributed by atoms with Crippen LogP contribution in [0.15, 0.2) is 42.7 Å². The van der Waals surface area contributed by atoms with Crippen LogP contribution in [0.1, 0.15) is 18.4 Å². The van der Waals surface area contributed by atoms with Crippen molar-refractivity contribution in [1.29, 1.82) is 0 Å². The summed E-state index contributed by atoms with van der Waals surface area (Å²) in [6, 6.07) is 9.34. The monoisotopic (exact) mass is 629 g/mol. The topological polar surface area (TPSA) is 116 Å².